The number of benzene rings is 1. The van der Waals surface area contributed by atoms with Crippen LogP contribution in [-0.4, -0.2) is 39.4 Å². The molecule has 2 aromatic heterocycles. The molecular formula is C26H34N4O. The summed E-state index contributed by atoms with van der Waals surface area (Å²) in [6, 6.07) is 15.2. The number of aryl methyl sites for hydroxylation is 2. The van der Waals surface area contributed by atoms with Gasteiger partial charge < -0.3 is 4.74 Å². The molecule has 0 N–H and O–H groups in total. The highest BCUT2D eigenvalue weighted by Gasteiger charge is 2.25. The van der Waals surface area contributed by atoms with Crippen molar-refractivity contribution in [2.45, 2.75) is 59.7 Å². The van der Waals surface area contributed by atoms with Gasteiger partial charge in [0.2, 0.25) is 0 Å². The highest BCUT2D eigenvalue weighted by Crippen LogP contribution is 2.25. The Labute approximate surface area is 186 Å². The molecule has 1 saturated heterocycles. The van der Waals surface area contributed by atoms with Gasteiger partial charge in [0.25, 0.3) is 0 Å². The Morgan fingerprint density at radius 1 is 1.06 bits per heavy atom. The second-order valence-corrected chi connectivity index (χ2v) is 8.94. The van der Waals surface area contributed by atoms with E-state index in [4.69, 9.17) is 14.8 Å². The van der Waals surface area contributed by atoms with E-state index in [1.54, 1.807) is 0 Å². The van der Waals surface area contributed by atoms with E-state index in [1.165, 1.54) is 22.4 Å². The Morgan fingerprint density at radius 3 is 2.61 bits per heavy atom. The number of ether oxygens (including phenoxy) is 1. The summed E-state index contributed by atoms with van der Waals surface area (Å²) >= 11 is 0. The molecule has 1 aliphatic heterocycles. The molecule has 0 aliphatic carbocycles. The van der Waals surface area contributed by atoms with E-state index in [0.717, 1.165) is 49.7 Å². The Balaban J connectivity index is 1.47. The molecule has 3 aromatic rings. The van der Waals surface area contributed by atoms with E-state index in [1.807, 2.05) is 0 Å². The predicted molar refractivity (Wildman–Crippen MR) is 124 cm³/mol. The van der Waals surface area contributed by atoms with Gasteiger partial charge in [0, 0.05) is 49.0 Å². The molecule has 1 aromatic carbocycles. The number of aromatic nitrogens is 3. The summed E-state index contributed by atoms with van der Waals surface area (Å²) in [4.78, 5) is 7.45. The first kappa shape index (κ1) is 21.7. The second kappa shape index (κ2) is 9.33. The van der Waals surface area contributed by atoms with Crippen LogP contribution in [0.1, 0.15) is 65.5 Å². The lowest BCUT2D eigenvalue weighted by molar-refractivity contribution is -0.0351. The third kappa shape index (κ3) is 4.89. The van der Waals surface area contributed by atoms with Crippen LogP contribution < -0.4 is 0 Å². The third-order valence-electron chi connectivity index (χ3n) is 6.29. The average molecular weight is 419 g/mol. The van der Waals surface area contributed by atoms with E-state index < -0.39 is 0 Å². The molecule has 1 aliphatic rings. The minimum Gasteiger partial charge on any atom is -0.369 e. The first-order valence-electron chi connectivity index (χ1n) is 11.3. The Bertz CT molecular complexity index is 1040. The van der Waals surface area contributed by atoms with Gasteiger partial charge >= 0.3 is 0 Å². The molecule has 0 amide bonds. The largest absolute Gasteiger partial charge is 0.369 e. The molecule has 4 rings (SSSR count). The maximum atomic E-state index is 6.14. The summed E-state index contributed by atoms with van der Waals surface area (Å²) in [6.45, 7) is 14.3. The maximum Gasteiger partial charge on any atom is 0.112 e. The van der Waals surface area contributed by atoms with Crippen molar-refractivity contribution in [3.8, 4) is 0 Å². The van der Waals surface area contributed by atoms with Crippen molar-refractivity contribution >= 4 is 0 Å². The number of rotatable bonds is 6. The topological polar surface area (TPSA) is 43.2 Å². The SMILES string of the molecule is Cc1ccccc1Cc1cccc([C@@H]2CN(Cc3c(C)nn(C(C)C)c3C)CCO2)n1. The fourth-order valence-corrected chi connectivity index (χ4v) is 4.46. The van der Waals surface area contributed by atoms with Crippen LogP contribution >= 0.6 is 0 Å². The van der Waals surface area contributed by atoms with Gasteiger partial charge in [-0.15, -0.1) is 0 Å². The maximum absolute atomic E-state index is 6.14. The molecule has 0 bridgehead atoms. The summed E-state index contributed by atoms with van der Waals surface area (Å²) in [6.07, 6.45) is 0.857. The lowest BCUT2D eigenvalue weighted by Gasteiger charge is -2.33. The van der Waals surface area contributed by atoms with Crippen LogP contribution in [0.15, 0.2) is 42.5 Å². The highest BCUT2D eigenvalue weighted by atomic mass is 16.5. The standard InChI is InChI=1S/C26H34N4O/c1-18(2)30-21(5)24(20(4)28-30)16-29-13-14-31-26(17-29)25-12-8-11-23(27-25)15-22-10-7-6-9-19(22)3/h6-12,18,26H,13-17H2,1-5H3/t26-/m0/s1. The number of pyridine rings is 1. The lowest BCUT2D eigenvalue weighted by atomic mass is 10.0. The van der Waals surface area contributed by atoms with E-state index in [9.17, 15) is 0 Å². The van der Waals surface area contributed by atoms with Crippen LogP contribution in [0.3, 0.4) is 0 Å². The van der Waals surface area contributed by atoms with E-state index >= 15 is 0 Å². The average Bonchev–Trinajstić information content (AvgIpc) is 3.04. The molecule has 31 heavy (non-hydrogen) atoms. The van der Waals surface area contributed by atoms with Crippen LogP contribution in [0, 0.1) is 20.8 Å². The number of hydrogen-bond acceptors (Lipinski definition) is 4. The summed E-state index contributed by atoms with van der Waals surface area (Å²) in [5.41, 5.74) is 8.51. The zero-order valence-electron chi connectivity index (χ0n) is 19.4. The van der Waals surface area contributed by atoms with Crippen LogP contribution in [0.5, 0.6) is 0 Å². The summed E-state index contributed by atoms with van der Waals surface area (Å²) in [5, 5.41) is 4.76. The van der Waals surface area contributed by atoms with Gasteiger partial charge in [-0.1, -0.05) is 30.3 Å². The highest BCUT2D eigenvalue weighted by molar-refractivity contribution is 5.30. The quantitative estimate of drug-likeness (QED) is 0.568. The Morgan fingerprint density at radius 2 is 1.87 bits per heavy atom. The molecule has 164 valence electrons. The molecule has 5 heteroatoms. The van der Waals surface area contributed by atoms with Crippen molar-refractivity contribution in [2.75, 3.05) is 19.7 Å². The van der Waals surface area contributed by atoms with Gasteiger partial charge in [-0.05, 0) is 57.9 Å². The van der Waals surface area contributed by atoms with Crippen molar-refractivity contribution in [1.82, 2.24) is 19.7 Å². The molecule has 0 radical (unpaired) electrons. The number of hydrogen-bond donors (Lipinski definition) is 0. The first-order valence-corrected chi connectivity index (χ1v) is 11.3. The molecule has 0 saturated carbocycles. The molecule has 0 spiro atoms. The predicted octanol–water partition coefficient (Wildman–Crippen LogP) is 4.95. The summed E-state index contributed by atoms with van der Waals surface area (Å²) in [5.74, 6) is 0. The third-order valence-corrected chi connectivity index (χ3v) is 6.29. The Hall–Kier alpha value is -2.50. The number of morpholine rings is 1. The van der Waals surface area contributed by atoms with Crippen LogP contribution in [0.4, 0.5) is 0 Å². The van der Waals surface area contributed by atoms with Crippen LogP contribution in [0.2, 0.25) is 0 Å². The van der Waals surface area contributed by atoms with Gasteiger partial charge in [-0.25, -0.2) is 0 Å². The van der Waals surface area contributed by atoms with Crippen molar-refractivity contribution in [3.63, 3.8) is 0 Å². The molecule has 3 heterocycles. The minimum atomic E-state index is 0.00586. The second-order valence-electron chi connectivity index (χ2n) is 8.94. The van der Waals surface area contributed by atoms with Crippen molar-refractivity contribution in [1.29, 1.82) is 0 Å². The van der Waals surface area contributed by atoms with Gasteiger partial charge in [-0.2, -0.15) is 5.10 Å². The van der Waals surface area contributed by atoms with Gasteiger partial charge in [0.1, 0.15) is 6.10 Å². The Kier molecular flexibility index (Phi) is 6.54. The van der Waals surface area contributed by atoms with E-state index in [0.29, 0.717) is 6.04 Å². The lowest BCUT2D eigenvalue weighted by Crippen LogP contribution is -2.38. The molecule has 1 atom stereocenters. The molecular weight excluding hydrogens is 384 g/mol. The van der Waals surface area contributed by atoms with Crippen LogP contribution in [0.25, 0.3) is 0 Å². The molecule has 0 unspecified atom stereocenters. The smallest absolute Gasteiger partial charge is 0.112 e. The molecule has 5 nitrogen and oxygen atoms in total. The number of nitrogens with zero attached hydrogens (tertiary/aromatic N) is 4. The van der Waals surface area contributed by atoms with Gasteiger partial charge in [0.05, 0.1) is 18.0 Å². The normalized spacial score (nSPS) is 17.4. The fourth-order valence-electron chi connectivity index (χ4n) is 4.46. The zero-order valence-corrected chi connectivity index (χ0v) is 19.4. The minimum absolute atomic E-state index is 0.00586. The van der Waals surface area contributed by atoms with Crippen molar-refractivity contribution in [3.05, 3.63) is 81.9 Å². The van der Waals surface area contributed by atoms with Crippen molar-refractivity contribution < 1.29 is 4.74 Å². The monoisotopic (exact) mass is 418 g/mol. The summed E-state index contributed by atoms with van der Waals surface area (Å²) in [7, 11) is 0. The fraction of sp³-hybridized carbons (Fsp3) is 0.462. The van der Waals surface area contributed by atoms with Crippen molar-refractivity contribution in [2.24, 2.45) is 0 Å². The first-order chi connectivity index (χ1) is 14.9. The zero-order chi connectivity index (χ0) is 22.0. The summed E-state index contributed by atoms with van der Waals surface area (Å²) < 4.78 is 8.28. The van der Waals surface area contributed by atoms with E-state index in [2.05, 4.69) is 86.7 Å². The van der Waals surface area contributed by atoms with Crippen LogP contribution in [-0.2, 0) is 17.7 Å². The molecule has 1 fully saturated rings. The van der Waals surface area contributed by atoms with E-state index in [-0.39, 0.29) is 6.10 Å². The van der Waals surface area contributed by atoms with Gasteiger partial charge in [-0.3, -0.25) is 14.6 Å². The van der Waals surface area contributed by atoms with Gasteiger partial charge in [0.15, 0.2) is 0 Å².